The summed E-state index contributed by atoms with van der Waals surface area (Å²) in [5.74, 6) is 0. The van der Waals surface area contributed by atoms with E-state index in [9.17, 15) is 0 Å². The Morgan fingerprint density at radius 3 is 2.15 bits per heavy atom. The van der Waals surface area contributed by atoms with Crippen molar-refractivity contribution >= 4 is 0 Å². The van der Waals surface area contributed by atoms with Crippen LogP contribution in [0.5, 0.6) is 0 Å². The SMILES string of the molecule is Cc1cc(C)c(CNC2CCN(C3CC3)CC2)c(C)c1. The summed E-state index contributed by atoms with van der Waals surface area (Å²) in [4.78, 5) is 2.69. The van der Waals surface area contributed by atoms with Gasteiger partial charge in [0, 0.05) is 18.6 Å². The average Bonchev–Trinajstić information content (AvgIpc) is 3.22. The quantitative estimate of drug-likeness (QED) is 0.904. The van der Waals surface area contributed by atoms with E-state index >= 15 is 0 Å². The lowest BCUT2D eigenvalue weighted by Gasteiger charge is -2.32. The van der Waals surface area contributed by atoms with Gasteiger partial charge < -0.3 is 10.2 Å². The van der Waals surface area contributed by atoms with Crippen molar-refractivity contribution in [3.8, 4) is 0 Å². The molecular weight excluding hydrogens is 244 g/mol. The van der Waals surface area contributed by atoms with Gasteiger partial charge in [-0.05, 0) is 76.2 Å². The summed E-state index contributed by atoms with van der Waals surface area (Å²) >= 11 is 0. The highest BCUT2D eigenvalue weighted by Crippen LogP contribution is 2.29. The molecule has 2 aliphatic rings. The van der Waals surface area contributed by atoms with E-state index in [1.165, 1.54) is 61.0 Å². The standard InChI is InChI=1S/C18H28N2/c1-13-10-14(2)18(15(3)11-13)12-19-16-6-8-20(9-7-16)17-4-5-17/h10-11,16-17,19H,4-9,12H2,1-3H3. The predicted molar refractivity (Wildman–Crippen MR) is 85.1 cm³/mol. The molecule has 3 rings (SSSR count). The van der Waals surface area contributed by atoms with Crippen molar-refractivity contribution in [2.24, 2.45) is 0 Å². The van der Waals surface area contributed by atoms with Gasteiger partial charge in [0.1, 0.15) is 0 Å². The van der Waals surface area contributed by atoms with Crippen LogP contribution in [0.25, 0.3) is 0 Å². The Balaban J connectivity index is 1.52. The first-order valence-corrected chi connectivity index (χ1v) is 8.17. The maximum Gasteiger partial charge on any atom is 0.0213 e. The third-order valence-electron chi connectivity index (χ3n) is 5.00. The molecule has 0 atom stereocenters. The van der Waals surface area contributed by atoms with E-state index in [-0.39, 0.29) is 0 Å². The van der Waals surface area contributed by atoms with Gasteiger partial charge in [-0.3, -0.25) is 0 Å². The van der Waals surface area contributed by atoms with E-state index in [4.69, 9.17) is 0 Å². The molecule has 2 fully saturated rings. The van der Waals surface area contributed by atoms with Gasteiger partial charge in [0.25, 0.3) is 0 Å². The largest absolute Gasteiger partial charge is 0.310 e. The van der Waals surface area contributed by atoms with Gasteiger partial charge >= 0.3 is 0 Å². The lowest BCUT2D eigenvalue weighted by Crippen LogP contribution is -2.43. The molecule has 0 unspecified atom stereocenters. The van der Waals surface area contributed by atoms with Gasteiger partial charge in [0.05, 0.1) is 0 Å². The molecule has 1 aromatic carbocycles. The van der Waals surface area contributed by atoms with Gasteiger partial charge in [-0.25, -0.2) is 0 Å². The Bertz CT molecular complexity index is 445. The number of piperidine rings is 1. The molecule has 0 bridgehead atoms. The fourth-order valence-electron chi connectivity index (χ4n) is 3.64. The zero-order chi connectivity index (χ0) is 14.1. The summed E-state index contributed by atoms with van der Waals surface area (Å²) in [5, 5.41) is 3.79. The summed E-state index contributed by atoms with van der Waals surface area (Å²) in [5.41, 5.74) is 5.75. The van der Waals surface area contributed by atoms with Crippen LogP contribution in [0, 0.1) is 20.8 Å². The number of benzene rings is 1. The normalized spacial score (nSPS) is 21.4. The minimum absolute atomic E-state index is 0.713. The van der Waals surface area contributed by atoms with Crippen molar-refractivity contribution in [2.75, 3.05) is 13.1 Å². The third-order valence-corrected chi connectivity index (χ3v) is 5.00. The third kappa shape index (κ3) is 3.24. The molecule has 1 heterocycles. The molecule has 110 valence electrons. The second-order valence-corrected chi connectivity index (χ2v) is 6.80. The predicted octanol–water partition coefficient (Wildman–Crippen LogP) is 3.33. The molecule has 20 heavy (non-hydrogen) atoms. The highest BCUT2D eigenvalue weighted by atomic mass is 15.2. The van der Waals surface area contributed by atoms with Gasteiger partial charge in [-0.15, -0.1) is 0 Å². The van der Waals surface area contributed by atoms with Crippen LogP contribution >= 0.6 is 0 Å². The van der Waals surface area contributed by atoms with Crippen molar-refractivity contribution < 1.29 is 0 Å². The maximum atomic E-state index is 3.79. The lowest BCUT2D eigenvalue weighted by atomic mass is 9.98. The number of nitrogens with zero attached hydrogens (tertiary/aromatic N) is 1. The zero-order valence-electron chi connectivity index (χ0n) is 13.2. The van der Waals surface area contributed by atoms with Crippen LogP contribution in [0.15, 0.2) is 12.1 Å². The van der Waals surface area contributed by atoms with Crippen LogP contribution in [0.2, 0.25) is 0 Å². The molecule has 1 aromatic rings. The van der Waals surface area contributed by atoms with Crippen molar-refractivity contribution in [2.45, 2.75) is 65.1 Å². The summed E-state index contributed by atoms with van der Waals surface area (Å²) in [7, 11) is 0. The number of aryl methyl sites for hydroxylation is 3. The molecule has 1 saturated heterocycles. The molecule has 0 radical (unpaired) electrons. The summed E-state index contributed by atoms with van der Waals surface area (Å²) < 4.78 is 0. The van der Waals surface area contributed by atoms with Crippen molar-refractivity contribution in [1.82, 2.24) is 10.2 Å². The van der Waals surface area contributed by atoms with E-state index in [2.05, 4.69) is 43.1 Å². The molecule has 2 nitrogen and oxygen atoms in total. The second kappa shape index (κ2) is 5.87. The topological polar surface area (TPSA) is 15.3 Å². The molecule has 1 saturated carbocycles. The summed E-state index contributed by atoms with van der Waals surface area (Å²) in [6.07, 6.45) is 5.53. The lowest BCUT2D eigenvalue weighted by molar-refractivity contribution is 0.189. The minimum Gasteiger partial charge on any atom is -0.310 e. The second-order valence-electron chi connectivity index (χ2n) is 6.80. The van der Waals surface area contributed by atoms with E-state index in [1.54, 1.807) is 0 Å². The first-order chi connectivity index (χ1) is 9.63. The number of likely N-dealkylation sites (tertiary alicyclic amines) is 1. The summed E-state index contributed by atoms with van der Waals surface area (Å²) in [6.45, 7) is 10.3. The van der Waals surface area contributed by atoms with Crippen LogP contribution in [-0.4, -0.2) is 30.1 Å². The first kappa shape index (κ1) is 14.1. The molecule has 0 aromatic heterocycles. The van der Waals surface area contributed by atoms with E-state index < -0.39 is 0 Å². The fraction of sp³-hybridized carbons (Fsp3) is 0.667. The molecule has 2 heteroatoms. The van der Waals surface area contributed by atoms with Crippen LogP contribution < -0.4 is 5.32 Å². The average molecular weight is 272 g/mol. The molecular formula is C18H28N2. The van der Waals surface area contributed by atoms with E-state index in [0.717, 1.165) is 12.6 Å². The van der Waals surface area contributed by atoms with E-state index in [1.807, 2.05) is 0 Å². The highest BCUT2D eigenvalue weighted by Gasteiger charge is 2.31. The van der Waals surface area contributed by atoms with Gasteiger partial charge in [-0.2, -0.15) is 0 Å². The van der Waals surface area contributed by atoms with Crippen LogP contribution in [0.3, 0.4) is 0 Å². The fourth-order valence-corrected chi connectivity index (χ4v) is 3.64. The molecule has 1 N–H and O–H groups in total. The number of nitrogens with one attached hydrogen (secondary N) is 1. The van der Waals surface area contributed by atoms with Gasteiger partial charge in [-0.1, -0.05) is 17.7 Å². The number of hydrogen-bond acceptors (Lipinski definition) is 2. The molecule has 1 aliphatic carbocycles. The van der Waals surface area contributed by atoms with Crippen LogP contribution in [0.4, 0.5) is 0 Å². The Hall–Kier alpha value is -0.860. The van der Waals surface area contributed by atoms with Gasteiger partial charge in [0.2, 0.25) is 0 Å². The molecule has 0 spiro atoms. The van der Waals surface area contributed by atoms with Crippen molar-refractivity contribution in [3.63, 3.8) is 0 Å². The maximum absolute atomic E-state index is 3.79. The Morgan fingerprint density at radius 1 is 1.00 bits per heavy atom. The zero-order valence-corrected chi connectivity index (χ0v) is 13.2. The van der Waals surface area contributed by atoms with Crippen molar-refractivity contribution in [3.05, 3.63) is 34.4 Å². The Labute approximate surface area is 123 Å². The van der Waals surface area contributed by atoms with Crippen LogP contribution in [0.1, 0.15) is 47.9 Å². The highest BCUT2D eigenvalue weighted by molar-refractivity contribution is 5.37. The van der Waals surface area contributed by atoms with Crippen LogP contribution in [-0.2, 0) is 6.54 Å². The number of rotatable bonds is 4. The Kier molecular flexibility index (Phi) is 4.13. The first-order valence-electron chi connectivity index (χ1n) is 8.17. The number of hydrogen-bond donors (Lipinski definition) is 1. The van der Waals surface area contributed by atoms with Crippen molar-refractivity contribution in [1.29, 1.82) is 0 Å². The Morgan fingerprint density at radius 2 is 1.60 bits per heavy atom. The van der Waals surface area contributed by atoms with E-state index in [0.29, 0.717) is 6.04 Å². The monoisotopic (exact) mass is 272 g/mol. The smallest absolute Gasteiger partial charge is 0.0213 e. The molecule has 0 amide bonds. The molecule has 1 aliphatic heterocycles. The minimum atomic E-state index is 0.713. The summed E-state index contributed by atoms with van der Waals surface area (Å²) in [6, 6.07) is 6.27. The van der Waals surface area contributed by atoms with Gasteiger partial charge in [0.15, 0.2) is 0 Å².